The number of ether oxygens (including phenoxy) is 4. The number of rotatable bonds is 13. The monoisotopic (exact) mass is 932 g/mol. The van der Waals surface area contributed by atoms with Crippen LogP contribution in [0, 0.1) is 21.4 Å². The molecule has 6 aromatic rings. The Bertz CT molecular complexity index is 2950. The van der Waals surface area contributed by atoms with Gasteiger partial charge in [0.1, 0.15) is 31.0 Å². The third-order valence-electron chi connectivity index (χ3n) is 11.1. The van der Waals surface area contributed by atoms with E-state index in [0.29, 0.717) is 49.5 Å². The van der Waals surface area contributed by atoms with E-state index in [-0.39, 0.29) is 32.6 Å². The van der Waals surface area contributed by atoms with Crippen molar-refractivity contribution in [2.24, 2.45) is 0 Å². The number of benzene rings is 6. The van der Waals surface area contributed by atoms with Gasteiger partial charge in [0.15, 0.2) is 22.5 Å². The lowest BCUT2D eigenvalue weighted by atomic mass is 9.93. The van der Waals surface area contributed by atoms with Crippen LogP contribution in [0.5, 0.6) is 17.2 Å². The molecule has 2 aliphatic heterocycles. The molecule has 14 nitrogen and oxygen atoms in total. The fourth-order valence-electron chi connectivity index (χ4n) is 7.70. The fraction of sp³-hybridized carbons (Fsp3) is 0.188. The zero-order chi connectivity index (χ0) is 45.8. The summed E-state index contributed by atoms with van der Waals surface area (Å²) in [5, 5.41) is 24.8. The average molecular weight is 934 g/mol. The van der Waals surface area contributed by atoms with Gasteiger partial charge in [-0.1, -0.05) is 89.9 Å². The molecular weight excluding hydrogens is 896 g/mol. The Kier molecular flexibility index (Phi) is 13.1. The van der Waals surface area contributed by atoms with Gasteiger partial charge in [-0.2, -0.15) is 9.57 Å². The first-order chi connectivity index (χ1) is 31.3. The number of fused-ring (bicyclic) bond motifs is 2. The summed E-state index contributed by atoms with van der Waals surface area (Å²) in [5.41, 5.74) is 4.96. The third-order valence-corrected chi connectivity index (χ3v) is 13.8. The first-order valence-corrected chi connectivity index (χ1v) is 22.4. The van der Waals surface area contributed by atoms with Crippen molar-refractivity contribution in [3.8, 4) is 34.4 Å². The average Bonchev–Trinajstić information content (AvgIpc) is 3.33. The van der Waals surface area contributed by atoms with Crippen LogP contribution in [0.1, 0.15) is 39.5 Å². The van der Waals surface area contributed by atoms with Gasteiger partial charge in [-0.25, -0.2) is 13.2 Å². The van der Waals surface area contributed by atoms with Crippen molar-refractivity contribution in [1.29, 1.82) is 5.26 Å². The molecule has 2 heterocycles. The molecule has 0 saturated heterocycles. The van der Waals surface area contributed by atoms with E-state index in [2.05, 4.69) is 11.4 Å². The minimum absolute atomic E-state index is 0.000608. The Labute approximate surface area is 384 Å². The molecule has 65 heavy (non-hydrogen) atoms. The maximum atomic E-state index is 14.6. The second kappa shape index (κ2) is 19.0. The first-order valence-electron chi connectivity index (χ1n) is 20.2. The lowest BCUT2D eigenvalue weighted by Gasteiger charge is -2.36. The number of nitrogens with one attached hydrogen (secondary N) is 1. The molecule has 6 aromatic carbocycles. The van der Waals surface area contributed by atoms with Gasteiger partial charge in [0, 0.05) is 19.0 Å². The van der Waals surface area contributed by atoms with E-state index in [4.69, 9.17) is 47.4 Å². The number of esters is 1. The van der Waals surface area contributed by atoms with Crippen LogP contribution < -0.4 is 19.5 Å². The van der Waals surface area contributed by atoms with E-state index in [9.17, 15) is 28.1 Å². The largest absolute Gasteiger partial charge is 0.489 e. The number of para-hydroxylation sites is 1. The number of nitrogens with zero attached hydrogens (tertiary/aromatic N) is 3. The first kappa shape index (κ1) is 44.6. The highest BCUT2D eigenvalue weighted by Gasteiger charge is 2.44. The number of hydrogen-bond donors (Lipinski definition) is 1. The van der Waals surface area contributed by atoms with Crippen LogP contribution in [0.4, 0.5) is 5.69 Å². The number of halogens is 2. The minimum Gasteiger partial charge on any atom is -0.489 e. The van der Waals surface area contributed by atoms with Crippen molar-refractivity contribution in [1.82, 2.24) is 9.62 Å². The topological polar surface area (TPSA) is 187 Å². The summed E-state index contributed by atoms with van der Waals surface area (Å²) in [6, 6.07) is 34.6. The highest BCUT2D eigenvalue weighted by molar-refractivity contribution is 7.89. The van der Waals surface area contributed by atoms with Gasteiger partial charge in [0.05, 0.1) is 33.7 Å². The summed E-state index contributed by atoms with van der Waals surface area (Å²) < 4.78 is 53.6. The molecule has 17 heteroatoms. The van der Waals surface area contributed by atoms with Crippen LogP contribution >= 0.6 is 23.2 Å². The predicted molar refractivity (Wildman–Crippen MR) is 240 cm³/mol. The second-order valence-electron chi connectivity index (χ2n) is 15.3. The predicted octanol–water partition coefficient (Wildman–Crippen LogP) is 8.55. The molecule has 330 valence electrons. The van der Waals surface area contributed by atoms with Gasteiger partial charge in [0.2, 0.25) is 5.91 Å². The van der Waals surface area contributed by atoms with Crippen molar-refractivity contribution in [3.05, 3.63) is 181 Å². The second-order valence-corrected chi connectivity index (χ2v) is 17.9. The van der Waals surface area contributed by atoms with Gasteiger partial charge in [-0.3, -0.25) is 14.9 Å². The van der Waals surface area contributed by atoms with E-state index < -0.39 is 55.6 Å². The molecule has 0 radical (unpaired) electrons. The summed E-state index contributed by atoms with van der Waals surface area (Å²) in [6.07, 6.45) is -0.709. The van der Waals surface area contributed by atoms with Crippen molar-refractivity contribution in [3.63, 3.8) is 0 Å². The molecule has 1 amide bonds. The zero-order valence-corrected chi connectivity index (χ0v) is 36.8. The van der Waals surface area contributed by atoms with Crippen molar-refractivity contribution in [2.75, 3.05) is 13.7 Å². The number of carbonyl (C=O) groups excluding carboxylic acids is 2. The summed E-state index contributed by atoms with van der Waals surface area (Å²) in [7, 11) is -3.56. The van der Waals surface area contributed by atoms with Gasteiger partial charge >= 0.3 is 5.97 Å². The quantitative estimate of drug-likeness (QED) is 0.0664. The standard InChI is InChI=1S/C48H38Cl2N4O10S/c1-61-48(56)40(21-29-6-11-32(12-7-29)33-13-8-30(25-51)9-14-33)52-47(55)42-22-35-23-43-44(24-36(35)26-53(42)65(59,60)46-5-3-2-4-41(46)54(57)58)64-45(28-63-43)34-15-17-37(18-16-34)62-27-31-10-19-38(49)39(50)20-31/h2-20,23-24,40,42,45H,21-22,26-28H2,1H3,(H,52,55)/t40?,42-,45+/m0/s1. The molecule has 0 bridgehead atoms. The van der Waals surface area contributed by atoms with Crippen LogP contribution in [0.2, 0.25) is 10.0 Å². The number of amides is 1. The molecule has 1 unspecified atom stereocenters. The number of nitro groups is 1. The Morgan fingerprint density at radius 2 is 1.57 bits per heavy atom. The van der Waals surface area contributed by atoms with E-state index in [0.717, 1.165) is 38.7 Å². The molecule has 0 aliphatic carbocycles. The van der Waals surface area contributed by atoms with E-state index in [1.807, 2.05) is 42.5 Å². The molecule has 0 fully saturated rings. The molecule has 0 spiro atoms. The zero-order valence-electron chi connectivity index (χ0n) is 34.5. The number of methoxy groups -OCH3 is 1. The van der Waals surface area contributed by atoms with E-state index in [1.54, 1.807) is 60.7 Å². The Balaban J connectivity index is 1.04. The third kappa shape index (κ3) is 9.76. The molecule has 2 aliphatic rings. The Hall–Kier alpha value is -6.96. The number of carbonyl (C=O) groups is 2. The Morgan fingerprint density at radius 1 is 0.892 bits per heavy atom. The van der Waals surface area contributed by atoms with E-state index >= 15 is 0 Å². The highest BCUT2D eigenvalue weighted by atomic mass is 35.5. The van der Waals surface area contributed by atoms with Crippen molar-refractivity contribution >= 4 is 50.8 Å². The smallest absolute Gasteiger partial charge is 0.328 e. The molecule has 0 aromatic heterocycles. The highest BCUT2D eigenvalue weighted by Crippen LogP contribution is 2.42. The van der Waals surface area contributed by atoms with Gasteiger partial charge in [-0.05, 0) is 100.0 Å². The van der Waals surface area contributed by atoms with Crippen LogP contribution in [0.3, 0.4) is 0 Å². The number of sulfonamides is 1. The van der Waals surface area contributed by atoms with Crippen LogP contribution in [-0.4, -0.2) is 55.3 Å². The molecule has 0 saturated carbocycles. The summed E-state index contributed by atoms with van der Waals surface area (Å²) in [4.78, 5) is 38.3. The molecule has 8 rings (SSSR count). The van der Waals surface area contributed by atoms with Crippen molar-refractivity contribution in [2.45, 2.75) is 49.1 Å². The maximum Gasteiger partial charge on any atom is 0.328 e. The normalized spacial score (nSPS) is 16.0. The summed E-state index contributed by atoms with van der Waals surface area (Å²) >= 11 is 12.2. The summed E-state index contributed by atoms with van der Waals surface area (Å²) in [5.74, 6) is -0.257. The molecule has 1 N–H and O–H groups in total. The van der Waals surface area contributed by atoms with Gasteiger partial charge < -0.3 is 24.3 Å². The van der Waals surface area contributed by atoms with Gasteiger partial charge in [0.25, 0.3) is 15.7 Å². The van der Waals surface area contributed by atoms with Crippen molar-refractivity contribution < 1.29 is 41.9 Å². The van der Waals surface area contributed by atoms with Crippen LogP contribution in [0.15, 0.2) is 132 Å². The summed E-state index contributed by atoms with van der Waals surface area (Å²) in [6.45, 7) is 0.0497. The number of hydrogen-bond acceptors (Lipinski definition) is 11. The SMILES string of the molecule is COC(=O)C(Cc1ccc(-c2ccc(C#N)cc2)cc1)NC(=O)[C@@H]1Cc2cc3c(cc2CN1S(=O)(=O)c1ccccc1[N+](=O)[O-])O[C@@H](c1ccc(OCc2ccc(Cl)c(Cl)c2)cc1)CO3. The molecule has 3 atom stereocenters. The van der Waals surface area contributed by atoms with Gasteiger partial charge in [-0.15, -0.1) is 0 Å². The lowest BCUT2D eigenvalue weighted by Crippen LogP contribution is -2.56. The van der Waals surface area contributed by atoms with Crippen LogP contribution in [-0.2, 0) is 50.3 Å². The van der Waals surface area contributed by atoms with Crippen LogP contribution in [0.25, 0.3) is 11.1 Å². The van der Waals surface area contributed by atoms with E-state index in [1.165, 1.54) is 19.2 Å². The Morgan fingerprint density at radius 3 is 2.25 bits per heavy atom. The maximum absolute atomic E-state index is 14.6. The lowest BCUT2D eigenvalue weighted by molar-refractivity contribution is -0.387. The number of nitriles is 1. The molecular formula is C48H38Cl2N4O10S. The number of nitro benzene ring substituents is 1. The minimum atomic E-state index is -4.74. The fourth-order valence-corrected chi connectivity index (χ4v) is 9.75.